The van der Waals surface area contributed by atoms with E-state index in [2.05, 4.69) is 9.97 Å². The lowest BCUT2D eigenvalue weighted by atomic mass is 10.1. The molecule has 0 spiro atoms. The van der Waals surface area contributed by atoms with E-state index in [4.69, 9.17) is 0 Å². The standard InChI is InChI=1S/C9H11N3OS/c1-9(2,3)12-4-10-7-6(8(12)13)14-5-11-7/h4-5H,1-3H3. The van der Waals surface area contributed by atoms with Gasteiger partial charge in [-0.3, -0.25) is 9.36 Å². The van der Waals surface area contributed by atoms with E-state index in [-0.39, 0.29) is 11.1 Å². The minimum Gasteiger partial charge on any atom is -0.293 e. The van der Waals surface area contributed by atoms with Gasteiger partial charge in [0.1, 0.15) is 11.0 Å². The Balaban J connectivity index is 2.81. The smallest absolute Gasteiger partial charge is 0.273 e. The summed E-state index contributed by atoms with van der Waals surface area (Å²) in [5, 5.41) is 0. The Morgan fingerprint density at radius 2 is 2.07 bits per heavy atom. The first kappa shape index (κ1) is 9.33. The lowest BCUT2D eigenvalue weighted by Crippen LogP contribution is -2.33. The van der Waals surface area contributed by atoms with Gasteiger partial charge in [-0.25, -0.2) is 9.97 Å². The predicted octanol–water partition coefficient (Wildman–Crippen LogP) is 1.61. The first-order chi connectivity index (χ1) is 6.50. The van der Waals surface area contributed by atoms with Crippen molar-refractivity contribution >= 4 is 21.7 Å². The van der Waals surface area contributed by atoms with Crippen LogP contribution < -0.4 is 5.56 Å². The summed E-state index contributed by atoms with van der Waals surface area (Å²) >= 11 is 1.34. The Labute approximate surface area is 85.2 Å². The second-order valence-corrected chi connectivity index (χ2v) is 4.95. The van der Waals surface area contributed by atoms with E-state index in [9.17, 15) is 4.79 Å². The number of fused-ring (bicyclic) bond motifs is 1. The fraction of sp³-hybridized carbons (Fsp3) is 0.444. The van der Waals surface area contributed by atoms with Gasteiger partial charge < -0.3 is 0 Å². The molecule has 0 atom stereocenters. The van der Waals surface area contributed by atoms with E-state index in [1.807, 2.05) is 20.8 Å². The summed E-state index contributed by atoms with van der Waals surface area (Å²) in [6.45, 7) is 5.93. The van der Waals surface area contributed by atoms with Crippen LogP contribution in [-0.2, 0) is 5.54 Å². The maximum Gasteiger partial charge on any atom is 0.273 e. The summed E-state index contributed by atoms with van der Waals surface area (Å²) in [5.41, 5.74) is 1.94. The van der Waals surface area contributed by atoms with Crippen molar-refractivity contribution in [2.45, 2.75) is 26.3 Å². The molecule has 2 aromatic heterocycles. The summed E-state index contributed by atoms with van der Waals surface area (Å²) < 4.78 is 2.26. The van der Waals surface area contributed by atoms with Gasteiger partial charge in [0.05, 0.1) is 5.51 Å². The molecule has 0 bridgehead atoms. The molecule has 0 fully saturated rings. The lowest BCUT2D eigenvalue weighted by molar-refractivity contribution is 0.382. The van der Waals surface area contributed by atoms with Crippen LogP contribution in [0.15, 0.2) is 16.6 Å². The number of hydrogen-bond donors (Lipinski definition) is 0. The molecule has 2 rings (SSSR count). The fourth-order valence-corrected chi connectivity index (χ4v) is 1.90. The first-order valence-electron chi connectivity index (χ1n) is 4.31. The average Bonchev–Trinajstić information content (AvgIpc) is 2.50. The predicted molar refractivity (Wildman–Crippen MR) is 56.7 cm³/mol. The van der Waals surface area contributed by atoms with Crippen molar-refractivity contribution in [1.82, 2.24) is 14.5 Å². The molecular weight excluding hydrogens is 198 g/mol. The second kappa shape index (κ2) is 2.88. The van der Waals surface area contributed by atoms with Crippen LogP contribution in [0.25, 0.3) is 10.3 Å². The van der Waals surface area contributed by atoms with E-state index < -0.39 is 0 Å². The lowest BCUT2D eigenvalue weighted by Gasteiger charge is -2.20. The largest absolute Gasteiger partial charge is 0.293 e. The van der Waals surface area contributed by atoms with E-state index >= 15 is 0 Å². The topological polar surface area (TPSA) is 47.8 Å². The van der Waals surface area contributed by atoms with Gasteiger partial charge in [-0.15, -0.1) is 11.3 Å². The molecule has 0 aliphatic carbocycles. The summed E-state index contributed by atoms with van der Waals surface area (Å²) in [6, 6.07) is 0. The van der Waals surface area contributed by atoms with E-state index in [0.717, 1.165) is 0 Å². The third kappa shape index (κ3) is 1.33. The molecule has 0 aliphatic heterocycles. The second-order valence-electron chi connectivity index (χ2n) is 4.10. The van der Waals surface area contributed by atoms with Gasteiger partial charge in [-0.2, -0.15) is 0 Å². The van der Waals surface area contributed by atoms with Crippen molar-refractivity contribution < 1.29 is 0 Å². The number of nitrogens with zero attached hydrogens (tertiary/aromatic N) is 3. The van der Waals surface area contributed by atoms with Crippen molar-refractivity contribution in [1.29, 1.82) is 0 Å². The van der Waals surface area contributed by atoms with Crippen LogP contribution in [0.2, 0.25) is 0 Å². The Bertz CT molecular complexity index is 521. The van der Waals surface area contributed by atoms with E-state index in [1.165, 1.54) is 11.3 Å². The van der Waals surface area contributed by atoms with Gasteiger partial charge >= 0.3 is 0 Å². The molecule has 0 amide bonds. The van der Waals surface area contributed by atoms with Gasteiger partial charge in [-0.1, -0.05) is 0 Å². The summed E-state index contributed by atoms with van der Waals surface area (Å²) in [6.07, 6.45) is 1.56. The molecule has 2 heterocycles. The third-order valence-corrected chi connectivity index (χ3v) is 2.78. The molecule has 0 saturated carbocycles. The van der Waals surface area contributed by atoms with Crippen molar-refractivity contribution in [3.05, 3.63) is 22.2 Å². The van der Waals surface area contributed by atoms with Crippen molar-refractivity contribution in [2.75, 3.05) is 0 Å². The highest BCUT2D eigenvalue weighted by Crippen LogP contribution is 2.14. The minimum atomic E-state index is -0.234. The van der Waals surface area contributed by atoms with E-state index in [0.29, 0.717) is 10.3 Å². The van der Waals surface area contributed by atoms with Crippen LogP contribution in [0.5, 0.6) is 0 Å². The van der Waals surface area contributed by atoms with E-state index in [1.54, 1.807) is 16.4 Å². The Morgan fingerprint density at radius 3 is 2.71 bits per heavy atom. The number of hydrogen-bond acceptors (Lipinski definition) is 4. The number of aromatic nitrogens is 3. The molecular formula is C9H11N3OS. The first-order valence-corrected chi connectivity index (χ1v) is 5.19. The number of thiazole rings is 1. The summed E-state index contributed by atoms with van der Waals surface area (Å²) in [5.74, 6) is 0. The minimum absolute atomic E-state index is 0.00926. The SMILES string of the molecule is CC(C)(C)n1cnc2ncsc2c1=O. The Kier molecular flexibility index (Phi) is 1.92. The molecule has 14 heavy (non-hydrogen) atoms. The molecule has 5 heteroatoms. The molecule has 4 nitrogen and oxygen atoms in total. The highest BCUT2D eigenvalue weighted by atomic mass is 32.1. The molecule has 74 valence electrons. The Morgan fingerprint density at radius 1 is 1.36 bits per heavy atom. The zero-order valence-electron chi connectivity index (χ0n) is 8.31. The van der Waals surface area contributed by atoms with Crippen molar-refractivity contribution in [3.63, 3.8) is 0 Å². The molecule has 0 aliphatic rings. The molecule has 0 saturated heterocycles. The maximum atomic E-state index is 11.9. The van der Waals surface area contributed by atoms with Gasteiger partial charge in [0.15, 0.2) is 5.65 Å². The van der Waals surface area contributed by atoms with Crippen LogP contribution in [-0.4, -0.2) is 14.5 Å². The van der Waals surface area contributed by atoms with Crippen molar-refractivity contribution in [2.24, 2.45) is 0 Å². The van der Waals surface area contributed by atoms with Crippen LogP contribution in [0.1, 0.15) is 20.8 Å². The van der Waals surface area contributed by atoms with Crippen molar-refractivity contribution in [3.8, 4) is 0 Å². The zero-order valence-corrected chi connectivity index (χ0v) is 9.13. The summed E-state index contributed by atoms with van der Waals surface area (Å²) in [7, 11) is 0. The van der Waals surface area contributed by atoms with Gasteiger partial charge in [0.25, 0.3) is 5.56 Å². The molecule has 0 aromatic carbocycles. The average molecular weight is 209 g/mol. The Hall–Kier alpha value is -1.23. The van der Waals surface area contributed by atoms with Gasteiger partial charge in [-0.05, 0) is 20.8 Å². The molecule has 0 N–H and O–H groups in total. The zero-order chi connectivity index (χ0) is 10.3. The van der Waals surface area contributed by atoms with Crippen LogP contribution in [0, 0.1) is 0 Å². The number of rotatable bonds is 0. The normalized spacial score (nSPS) is 12.2. The molecule has 0 unspecified atom stereocenters. The molecule has 2 aromatic rings. The van der Waals surface area contributed by atoms with Crippen LogP contribution in [0.4, 0.5) is 0 Å². The van der Waals surface area contributed by atoms with Gasteiger partial charge in [0, 0.05) is 5.54 Å². The van der Waals surface area contributed by atoms with Gasteiger partial charge in [0.2, 0.25) is 0 Å². The monoisotopic (exact) mass is 209 g/mol. The highest BCUT2D eigenvalue weighted by molar-refractivity contribution is 7.16. The third-order valence-electron chi connectivity index (χ3n) is 1.98. The van der Waals surface area contributed by atoms with Crippen LogP contribution >= 0.6 is 11.3 Å². The van der Waals surface area contributed by atoms with Crippen LogP contribution in [0.3, 0.4) is 0 Å². The quantitative estimate of drug-likeness (QED) is 0.662. The molecule has 0 radical (unpaired) electrons. The highest BCUT2D eigenvalue weighted by Gasteiger charge is 2.16. The fourth-order valence-electron chi connectivity index (χ4n) is 1.23. The summed E-state index contributed by atoms with van der Waals surface area (Å²) in [4.78, 5) is 20.1. The maximum absolute atomic E-state index is 11.9.